The maximum absolute atomic E-state index is 2.37. The summed E-state index contributed by atoms with van der Waals surface area (Å²) in [5.74, 6) is 0. The fraction of sp³-hybridized carbons (Fsp3) is 0. The Morgan fingerprint density at radius 3 is 0.957 bits per heavy atom. The van der Waals surface area contributed by atoms with Crippen molar-refractivity contribution in [3.8, 4) is 22.3 Å². The molecule has 46 heavy (non-hydrogen) atoms. The zero-order chi connectivity index (χ0) is 30.2. The van der Waals surface area contributed by atoms with Crippen molar-refractivity contribution >= 4 is 75.4 Å². The van der Waals surface area contributed by atoms with Gasteiger partial charge < -0.3 is 0 Å². The molecule has 10 aromatic rings. The van der Waals surface area contributed by atoms with Gasteiger partial charge in [0, 0.05) is 0 Å². The predicted molar refractivity (Wildman–Crippen MR) is 200 cm³/mol. The van der Waals surface area contributed by atoms with E-state index in [0.717, 1.165) is 0 Å². The Labute approximate surface area is 266 Å². The molecular formula is C46H28. The van der Waals surface area contributed by atoms with E-state index in [1.165, 1.54) is 97.7 Å². The summed E-state index contributed by atoms with van der Waals surface area (Å²) in [7, 11) is 0. The molecule has 0 aromatic heterocycles. The van der Waals surface area contributed by atoms with Gasteiger partial charge >= 0.3 is 0 Å². The number of rotatable bonds is 2. The van der Waals surface area contributed by atoms with Gasteiger partial charge in [0.25, 0.3) is 0 Å². The maximum Gasteiger partial charge on any atom is -0.00987 e. The third-order valence-corrected chi connectivity index (χ3v) is 9.99. The van der Waals surface area contributed by atoms with Gasteiger partial charge in [-0.3, -0.25) is 0 Å². The Balaban J connectivity index is 1.10. The van der Waals surface area contributed by atoms with Gasteiger partial charge in [-0.05, 0) is 122 Å². The van der Waals surface area contributed by atoms with E-state index in [-0.39, 0.29) is 0 Å². The molecule has 0 nitrogen and oxygen atoms in total. The highest BCUT2D eigenvalue weighted by Crippen LogP contribution is 2.37. The first-order chi connectivity index (χ1) is 22.8. The average molecular weight is 581 g/mol. The third-order valence-electron chi connectivity index (χ3n) is 9.99. The van der Waals surface area contributed by atoms with Crippen LogP contribution in [0, 0.1) is 0 Å². The van der Waals surface area contributed by atoms with Crippen LogP contribution in [0.4, 0.5) is 0 Å². The van der Waals surface area contributed by atoms with Crippen LogP contribution >= 0.6 is 0 Å². The number of benzene rings is 10. The molecule has 0 amide bonds. The van der Waals surface area contributed by atoms with Crippen LogP contribution in [0.2, 0.25) is 0 Å². The van der Waals surface area contributed by atoms with Gasteiger partial charge in [-0.15, -0.1) is 0 Å². The molecule has 0 fully saturated rings. The van der Waals surface area contributed by atoms with E-state index < -0.39 is 0 Å². The van der Waals surface area contributed by atoms with Crippen LogP contribution in [0.25, 0.3) is 97.7 Å². The average Bonchev–Trinajstić information content (AvgIpc) is 3.13. The highest BCUT2D eigenvalue weighted by Gasteiger charge is 2.10. The maximum atomic E-state index is 2.37. The zero-order valence-corrected chi connectivity index (χ0v) is 25.2. The molecule has 0 heterocycles. The first-order valence-corrected chi connectivity index (χ1v) is 16.0. The molecule has 10 rings (SSSR count). The van der Waals surface area contributed by atoms with Crippen molar-refractivity contribution in [2.75, 3.05) is 0 Å². The minimum absolute atomic E-state index is 1.24. The van der Waals surface area contributed by atoms with E-state index in [1.807, 2.05) is 0 Å². The fourth-order valence-corrected chi connectivity index (χ4v) is 7.60. The highest BCUT2D eigenvalue weighted by molar-refractivity contribution is 6.19. The van der Waals surface area contributed by atoms with E-state index in [2.05, 4.69) is 170 Å². The summed E-state index contributed by atoms with van der Waals surface area (Å²) in [5, 5.41) is 18.0. The Hall–Kier alpha value is -5.98. The summed E-state index contributed by atoms with van der Waals surface area (Å²) in [6, 6.07) is 63.0. The molecule has 0 spiro atoms. The van der Waals surface area contributed by atoms with E-state index in [1.54, 1.807) is 0 Å². The van der Waals surface area contributed by atoms with Crippen molar-refractivity contribution < 1.29 is 0 Å². The van der Waals surface area contributed by atoms with E-state index in [4.69, 9.17) is 0 Å². The van der Waals surface area contributed by atoms with Crippen LogP contribution in [-0.4, -0.2) is 0 Å². The van der Waals surface area contributed by atoms with Crippen LogP contribution in [0.15, 0.2) is 170 Å². The topological polar surface area (TPSA) is 0 Å². The van der Waals surface area contributed by atoms with Gasteiger partial charge in [0.2, 0.25) is 0 Å². The van der Waals surface area contributed by atoms with Crippen LogP contribution in [-0.2, 0) is 0 Å². The summed E-state index contributed by atoms with van der Waals surface area (Å²) in [4.78, 5) is 0. The molecule has 0 bridgehead atoms. The molecule has 0 radical (unpaired) electrons. The smallest absolute Gasteiger partial charge is 0.00987 e. The quantitative estimate of drug-likeness (QED) is 0.178. The third kappa shape index (κ3) is 3.87. The largest absolute Gasteiger partial charge is 0.0616 e. The summed E-state index contributed by atoms with van der Waals surface area (Å²) in [6.45, 7) is 0. The molecule has 0 saturated heterocycles. The van der Waals surface area contributed by atoms with Crippen molar-refractivity contribution in [2.45, 2.75) is 0 Å². The number of hydrogen-bond acceptors (Lipinski definition) is 0. The molecule has 212 valence electrons. The molecule has 0 heteroatoms. The standard InChI is InChI=1S/C46H28/c1-3-7-39-30(5-1)17-23-43-41(39)21-19-32-11-15-36(27-45(32)43)34-13-9-29-10-14-35(26-38(29)25-34)37-16-12-33-20-22-42-40-8-4-2-6-31(40)18-24-44(42)46(33)28-37/h1-28H. The minimum Gasteiger partial charge on any atom is -0.0616 e. The van der Waals surface area contributed by atoms with E-state index in [0.29, 0.717) is 0 Å². The minimum atomic E-state index is 1.24. The van der Waals surface area contributed by atoms with Crippen molar-refractivity contribution in [1.29, 1.82) is 0 Å². The van der Waals surface area contributed by atoms with Crippen molar-refractivity contribution in [1.82, 2.24) is 0 Å². The first-order valence-electron chi connectivity index (χ1n) is 16.0. The SMILES string of the molecule is c1ccc2c(c1)ccc1c3cc(-c4ccc5ccc(-c6ccc7ccc8c9ccccc9ccc8c7c6)cc5c4)ccc3ccc21. The van der Waals surface area contributed by atoms with E-state index >= 15 is 0 Å². The summed E-state index contributed by atoms with van der Waals surface area (Å²) in [5.41, 5.74) is 4.95. The first kappa shape index (κ1) is 25.4. The van der Waals surface area contributed by atoms with Gasteiger partial charge in [-0.25, -0.2) is 0 Å². The van der Waals surface area contributed by atoms with Gasteiger partial charge in [0.1, 0.15) is 0 Å². The second-order valence-corrected chi connectivity index (χ2v) is 12.5. The Bertz CT molecular complexity index is 2660. The lowest BCUT2D eigenvalue weighted by Gasteiger charge is -2.12. The van der Waals surface area contributed by atoms with Gasteiger partial charge in [-0.2, -0.15) is 0 Å². The van der Waals surface area contributed by atoms with Gasteiger partial charge in [0.15, 0.2) is 0 Å². The lowest BCUT2D eigenvalue weighted by Crippen LogP contribution is -1.85. The van der Waals surface area contributed by atoms with Crippen LogP contribution < -0.4 is 0 Å². The molecule has 0 aliphatic carbocycles. The normalized spacial score (nSPS) is 11.9. The molecule has 10 aromatic carbocycles. The number of hydrogen-bond donors (Lipinski definition) is 0. The number of fused-ring (bicyclic) bond motifs is 11. The van der Waals surface area contributed by atoms with E-state index in [9.17, 15) is 0 Å². The lowest BCUT2D eigenvalue weighted by atomic mass is 9.92. The Morgan fingerprint density at radius 1 is 0.174 bits per heavy atom. The summed E-state index contributed by atoms with van der Waals surface area (Å²) in [6.07, 6.45) is 0. The predicted octanol–water partition coefficient (Wildman–Crippen LogP) is 13.1. The molecule has 0 aliphatic rings. The molecule has 0 aliphatic heterocycles. The molecular weight excluding hydrogens is 553 g/mol. The second-order valence-electron chi connectivity index (χ2n) is 12.5. The van der Waals surface area contributed by atoms with Crippen molar-refractivity contribution in [3.63, 3.8) is 0 Å². The Kier molecular flexibility index (Phi) is 5.38. The second kappa shape index (κ2) is 9.76. The molecule has 0 atom stereocenters. The van der Waals surface area contributed by atoms with Crippen molar-refractivity contribution in [2.24, 2.45) is 0 Å². The van der Waals surface area contributed by atoms with Crippen molar-refractivity contribution in [3.05, 3.63) is 170 Å². The Morgan fingerprint density at radius 2 is 0.500 bits per heavy atom. The summed E-state index contributed by atoms with van der Waals surface area (Å²) >= 11 is 0. The molecule has 0 N–H and O–H groups in total. The molecule has 0 unspecified atom stereocenters. The van der Waals surface area contributed by atoms with Crippen LogP contribution in [0.5, 0.6) is 0 Å². The van der Waals surface area contributed by atoms with Crippen LogP contribution in [0.3, 0.4) is 0 Å². The van der Waals surface area contributed by atoms with Gasteiger partial charge in [0.05, 0.1) is 0 Å². The lowest BCUT2D eigenvalue weighted by molar-refractivity contribution is 1.66. The van der Waals surface area contributed by atoms with Crippen LogP contribution in [0.1, 0.15) is 0 Å². The monoisotopic (exact) mass is 580 g/mol. The fourth-order valence-electron chi connectivity index (χ4n) is 7.60. The van der Waals surface area contributed by atoms with Gasteiger partial charge in [-0.1, -0.05) is 146 Å². The highest BCUT2D eigenvalue weighted by atomic mass is 14.1. The molecule has 0 saturated carbocycles. The summed E-state index contributed by atoms with van der Waals surface area (Å²) < 4.78 is 0. The zero-order valence-electron chi connectivity index (χ0n) is 25.2.